The summed E-state index contributed by atoms with van der Waals surface area (Å²) in [5.41, 5.74) is 4.82. The van der Waals surface area contributed by atoms with Crippen molar-refractivity contribution >= 4 is 26.8 Å². The maximum absolute atomic E-state index is 12.6. The molecule has 1 fully saturated rings. The van der Waals surface area contributed by atoms with Gasteiger partial charge in [0.1, 0.15) is 5.75 Å². The van der Waals surface area contributed by atoms with Crippen LogP contribution >= 0.6 is 15.9 Å². The van der Waals surface area contributed by atoms with Crippen LogP contribution in [0.15, 0.2) is 77.3 Å². The molecule has 0 unspecified atom stereocenters. The van der Waals surface area contributed by atoms with Gasteiger partial charge in [-0.2, -0.15) is 0 Å². The maximum Gasteiger partial charge on any atom is 0.119 e. The molecule has 2 N–H and O–H groups in total. The molecule has 174 valence electrons. The van der Waals surface area contributed by atoms with E-state index in [1.165, 1.54) is 27.8 Å². The van der Waals surface area contributed by atoms with Crippen molar-refractivity contribution < 1.29 is 9.84 Å². The van der Waals surface area contributed by atoms with E-state index in [1.807, 2.05) is 6.07 Å². The Hall–Kier alpha value is -2.60. The van der Waals surface area contributed by atoms with Gasteiger partial charge in [-0.1, -0.05) is 58.4 Å². The van der Waals surface area contributed by atoms with Crippen molar-refractivity contribution in [1.29, 1.82) is 0 Å². The van der Waals surface area contributed by atoms with E-state index in [-0.39, 0.29) is 5.41 Å². The molecule has 0 radical (unpaired) electrons. The summed E-state index contributed by atoms with van der Waals surface area (Å²) < 4.78 is 6.64. The second kappa shape index (κ2) is 8.26. The van der Waals surface area contributed by atoms with Crippen molar-refractivity contribution in [3.8, 4) is 5.75 Å². The highest BCUT2D eigenvalue weighted by molar-refractivity contribution is 9.10. The van der Waals surface area contributed by atoms with Crippen LogP contribution in [0.25, 0.3) is 10.9 Å². The Morgan fingerprint density at radius 1 is 1.03 bits per heavy atom. The minimum absolute atomic E-state index is 0.375. The van der Waals surface area contributed by atoms with Gasteiger partial charge >= 0.3 is 0 Å². The van der Waals surface area contributed by atoms with Crippen LogP contribution in [0.1, 0.15) is 28.8 Å². The summed E-state index contributed by atoms with van der Waals surface area (Å²) in [5.74, 6) is 0.840. The highest BCUT2D eigenvalue weighted by Gasteiger charge is 2.57. The van der Waals surface area contributed by atoms with Crippen LogP contribution in [-0.2, 0) is 24.8 Å². The lowest BCUT2D eigenvalue weighted by Crippen LogP contribution is -2.66. The quantitative estimate of drug-likeness (QED) is 0.370. The van der Waals surface area contributed by atoms with Crippen LogP contribution in [0.5, 0.6) is 5.75 Å². The van der Waals surface area contributed by atoms with Crippen LogP contribution in [-0.4, -0.2) is 40.8 Å². The lowest BCUT2D eigenvalue weighted by atomic mass is 9.56. The average molecular weight is 517 g/mol. The first-order valence-corrected chi connectivity index (χ1v) is 12.7. The zero-order chi connectivity index (χ0) is 23.3. The number of halogens is 1. The van der Waals surface area contributed by atoms with E-state index in [0.717, 1.165) is 41.7 Å². The molecule has 6 rings (SSSR count). The number of ether oxygens (including phenoxy) is 1. The van der Waals surface area contributed by atoms with E-state index < -0.39 is 5.60 Å². The van der Waals surface area contributed by atoms with E-state index in [0.29, 0.717) is 13.0 Å². The Balaban J connectivity index is 1.46. The van der Waals surface area contributed by atoms with Gasteiger partial charge in [0.2, 0.25) is 0 Å². The number of H-pyrrole nitrogens is 1. The molecule has 3 aromatic carbocycles. The van der Waals surface area contributed by atoms with Gasteiger partial charge < -0.3 is 14.8 Å². The standard InChI is InChI=1S/C29H29BrN2O2/c1-34-23-9-5-8-21(14-23)28-12-13-32(18-20-6-3-2-4-7-20)19-29(28,33)16-25-24-15-22(30)10-11-26(24)31-27(25)17-28/h2-11,14-15,31,33H,12-13,16-19H2,1H3/t28-,29-/m0/s1. The SMILES string of the molecule is COc1cccc([C@@]23CCN(Cc4ccccc4)C[C@@]2(O)Cc2c([nH]c4ccc(Br)cc24)C3)c1. The van der Waals surface area contributed by atoms with Crippen molar-refractivity contribution in [3.05, 3.63) is 99.7 Å². The van der Waals surface area contributed by atoms with Gasteiger partial charge in [0.15, 0.2) is 0 Å². The summed E-state index contributed by atoms with van der Waals surface area (Å²) in [7, 11) is 1.71. The van der Waals surface area contributed by atoms with E-state index in [1.54, 1.807) is 7.11 Å². The molecule has 4 aromatic rings. The van der Waals surface area contributed by atoms with Gasteiger partial charge in [0.05, 0.1) is 12.7 Å². The number of aliphatic hydroxyl groups is 1. The lowest BCUT2D eigenvalue weighted by molar-refractivity contribution is -0.105. The fraction of sp³-hybridized carbons (Fsp3) is 0.310. The first-order valence-electron chi connectivity index (χ1n) is 11.9. The fourth-order valence-corrected chi connectivity index (χ4v) is 6.66. The molecule has 4 nitrogen and oxygen atoms in total. The molecule has 0 amide bonds. The van der Waals surface area contributed by atoms with Crippen molar-refractivity contribution in [2.24, 2.45) is 0 Å². The van der Waals surface area contributed by atoms with Crippen LogP contribution in [0.4, 0.5) is 0 Å². The number of methoxy groups -OCH3 is 1. The second-order valence-corrected chi connectivity index (χ2v) is 10.8. The maximum atomic E-state index is 12.6. The van der Waals surface area contributed by atoms with Gasteiger partial charge in [-0.15, -0.1) is 0 Å². The van der Waals surface area contributed by atoms with Gasteiger partial charge in [-0.05, 0) is 60.0 Å². The summed E-state index contributed by atoms with van der Waals surface area (Å²) in [6.45, 7) is 2.43. The zero-order valence-electron chi connectivity index (χ0n) is 19.4. The number of hydrogen-bond donors (Lipinski definition) is 2. The number of nitrogens with one attached hydrogen (secondary N) is 1. The third-order valence-electron chi connectivity index (χ3n) is 8.01. The molecule has 2 heterocycles. The lowest BCUT2D eigenvalue weighted by Gasteiger charge is -2.56. The zero-order valence-corrected chi connectivity index (χ0v) is 20.9. The fourth-order valence-electron chi connectivity index (χ4n) is 6.30. The Morgan fingerprint density at radius 3 is 2.71 bits per heavy atom. The number of likely N-dealkylation sites (tertiary alicyclic amines) is 1. The summed E-state index contributed by atoms with van der Waals surface area (Å²) in [4.78, 5) is 6.11. The normalized spacial score (nSPS) is 24.6. The molecule has 5 heteroatoms. The predicted molar refractivity (Wildman–Crippen MR) is 139 cm³/mol. The van der Waals surface area contributed by atoms with Gasteiger partial charge in [-0.3, -0.25) is 4.90 Å². The first kappa shape index (κ1) is 21.9. The molecule has 1 saturated heterocycles. The summed E-state index contributed by atoms with van der Waals surface area (Å²) in [5, 5.41) is 13.8. The molecule has 1 aliphatic carbocycles. The molecular weight excluding hydrogens is 488 g/mol. The smallest absolute Gasteiger partial charge is 0.119 e. The first-order chi connectivity index (χ1) is 16.5. The van der Waals surface area contributed by atoms with Crippen molar-refractivity contribution in [1.82, 2.24) is 9.88 Å². The summed E-state index contributed by atoms with van der Waals surface area (Å²) >= 11 is 3.64. The van der Waals surface area contributed by atoms with Gasteiger partial charge in [-0.25, -0.2) is 0 Å². The van der Waals surface area contributed by atoms with E-state index >= 15 is 0 Å². The number of rotatable bonds is 4. The number of fused-ring (bicyclic) bond motifs is 4. The predicted octanol–water partition coefficient (Wildman–Crippen LogP) is 5.61. The van der Waals surface area contributed by atoms with Crippen LogP contribution in [0, 0.1) is 0 Å². The highest BCUT2D eigenvalue weighted by atomic mass is 79.9. The molecule has 0 spiro atoms. The number of β-amino-alcohol motifs (C(OH)–C–C–N with tert-alkyl or cyclic N) is 1. The van der Waals surface area contributed by atoms with E-state index in [4.69, 9.17) is 4.74 Å². The second-order valence-electron chi connectivity index (χ2n) is 9.92. The van der Waals surface area contributed by atoms with Crippen molar-refractivity contribution in [3.63, 3.8) is 0 Å². The Labute approximate surface area is 208 Å². The molecule has 2 aliphatic rings. The Bertz CT molecular complexity index is 1350. The molecule has 2 atom stereocenters. The Morgan fingerprint density at radius 2 is 1.88 bits per heavy atom. The molecule has 1 aromatic heterocycles. The number of hydrogen-bond acceptors (Lipinski definition) is 3. The highest BCUT2D eigenvalue weighted by Crippen LogP contribution is 2.52. The third-order valence-corrected chi connectivity index (χ3v) is 8.50. The Kier molecular flexibility index (Phi) is 5.32. The minimum Gasteiger partial charge on any atom is -0.497 e. The molecule has 34 heavy (non-hydrogen) atoms. The summed E-state index contributed by atoms with van der Waals surface area (Å²) in [6.07, 6.45) is 2.31. The van der Waals surface area contributed by atoms with Crippen molar-refractivity contribution in [2.75, 3.05) is 20.2 Å². The topological polar surface area (TPSA) is 48.5 Å². The largest absolute Gasteiger partial charge is 0.497 e. The van der Waals surface area contributed by atoms with Gasteiger partial charge in [0.25, 0.3) is 0 Å². The third kappa shape index (κ3) is 3.49. The minimum atomic E-state index is -0.892. The van der Waals surface area contributed by atoms with E-state index in [9.17, 15) is 5.11 Å². The number of nitrogens with zero attached hydrogens (tertiary/aromatic N) is 1. The summed E-state index contributed by atoms with van der Waals surface area (Å²) in [6, 6.07) is 25.3. The van der Waals surface area contributed by atoms with E-state index in [2.05, 4.69) is 92.5 Å². The average Bonchev–Trinajstić information content (AvgIpc) is 3.18. The number of aromatic nitrogens is 1. The number of benzene rings is 3. The van der Waals surface area contributed by atoms with Gasteiger partial charge in [0, 0.05) is 52.4 Å². The molecule has 0 bridgehead atoms. The number of aromatic amines is 1. The molecule has 1 aliphatic heterocycles. The van der Waals surface area contributed by atoms with Crippen molar-refractivity contribution in [2.45, 2.75) is 36.8 Å². The van der Waals surface area contributed by atoms with Crippen LogP contribution < -0.4 is 4.74 Å². The van der Waals surface area contributed by atoms with Crippen LogP contribution in [0.2, 0.25) is 0 Å². The number of piperidine rings is 1. The van der Waals surface area contributed by atoms with Crippen LogP contribution in [0.3, 0.4) is 0 Å². The monoisotopic (exact) mass is 516 g/mol. The molecular formula is C29H29BrN2O2. The molecule has 0 saturated carbocycles.